The Bertz CT molecular complexity index is 375. The average molecular weight is 292 g/mol. The smallest absolute Gasteiger partial charge is 0.167 e. The molecule has 1 aromatic rings. The largest absolute Gasteiger partial charge is 0.423 e. The summed E-state index contributed by atoms with van der Waals surface area (Å²) in [5.74, 6) is 0. The molecule has 0 heterocycles. The van der Waals surface area contributed by atoms with Crippen molar-refractivity contribution in [3.8, 4) is 0 Å². The fraction of sp³-hybridized carbons (Fsp3) is 0.529. The van der Waals surface area contributed by atoms with Gasteiger partial charge in [-0.25, -0.2) is 0 Å². The van der Waals surface area contributed by atoms with Crippen LogP contribution in [-0.4, -0.2) is 29.1 Å². The minimum atomic E-state index is -0.512. The van der Waals surface area contributed by atoms with Crippen LogP contribution in [0.4, 0.5) is 0 Å². The zero-order chi connectivity index (χ0) is 14.8. The molecule has 2 unspecified atom stereocenters. The predicted octanol–water partition coefficient (Wildman–Crippen LogP) is 3.60. The summed E-state index contributed by atoms with van der Waals surface area (Å²) in [5.41, 5.74) is 3.12. The number of hydrogen-bond acceptors (Lipinski definition) is 2. The molecule has 0 aliphatic rings. The second-order valence-electron chi connectivity index (χ2n) is 5.10. The first kappa shape index (κ1) is 17.1. The van der Waals surface area contributed by atoms with Crippen LogP contribution >= 0.6 is 0 Å². The van der Waals surface area contributed by atoms with Crippen LogP contribution in [0, 0.1) is 0 Å². The molecule has 0 radical (unpaired) electrons. The van der Waals surface area contributed by atoms with Gasteiger partial charge in [0.2, 0.25) is 0 Å². The molecule has 1 rings (SSSR count). The molecule has 0 fully saturated rings. The highest BCUT2D eigenvalue weighted by atomic mass is 28.2. The van der Waals surface area contributed by atoms with Crippen molar-refractivity contribution in [1.82, 2.24) is 0 Å². The summed E-state index contributed by atoms with van der Waals surface area (Å²) in [6.45, 7) is 11.8. The summed E-state index contributed by atoms with van der Waals surface area (Å²) >= 11 is 0. The van der Waals surface area contributed by atoms with E-state index in [9.17, 15) is 0 Å². The molecule has 0 saturated heterocycles. The number of hydrogen-bond donors (Lipinski definition) is 0. The maximum Gasteiger partial charge on any atom is 0.167 e. The van der Waals surface area contributed by atoms with Crippen molar-refractivity contribution >= 4 is 15.8 Å². The first-order valence-electron chi connectivity index (χ1n) is 7.61. The molecule has 1 aromatic carbocycles. The molecule has 0 spiro atoms. The summed E-state index contributed by atoms with van der Waals surface area (Å²) < 4.78 is 11.6. The average Bonchev–Trinajstić information content (AvgIpc) is 2.48. The molecular formula is C17H28O2Si. The summed E-state index contributed by atoms with van der Waals surface area (Å²) in [4.78, 5) is 0. The lowest BCUT2D eigenvalue weighted by molar-refractivity contribution is 0.0665. The third-order valence-electron chi connectivity index (χ3n) is 3.70. The van der Waals surface area contributed by atoms with Gasteiger partial charge in [-0.3, -0.25) is 0 Å². The maximum atomic E-state index is 5.95. The molecule has 0 aliphatic carbocycles. The van der Waals surface area contributed by atoms with E-state index in [2.05, 4.69) is 51.6 Å². The van der Waals surface area contributed by atoms with Crippen molar-refractivity contribution in [1.29, 1.82) is 0 Å². The van der Waals surface area contributed by atoms with Gasteiger partial charge in [-0.05, 0) is 36.9 Å². The van der Waals surface area contributed by atoms with Gasteiger partial charge in [0.05, 0.1) is 6.10 Å². The Morgan fingerprint density at radius 1 is 1.25 bits per heavy atom. The second kappa shape index (κ2) is 9.92. The van der Waals surface area contributed by atoms with E-state index in [-0.39, 0.29) is 0 Å². The van der Waals surface area contributed by atoms with E-state index in [1.165, 1.54) is 11.1 Å². The molecule has 112 valence electrons. The highest BCUT2D eigenvalue weighted by Crippen LogP contribution is 2.17. The molecule has 2 atom stereocenters. The second-order valence-corrected chi connectivity index (χ2v) is 6.89. The lowest BCUT2D eigenvalue weighted by Gasteiger charge is -2.21. The highest BCUT2D eigenvalue weighted by molar-refractivity contribution is 6.29. The summed E-state index contributed by atoms with van der Waals surface area (Å²) in [7, 11) is -0.512. The van der Waals surface area contributed by atoms with E-state index in [0.717, 1.165) is 26.1 Å². The molecule has 0 N–H and O–H groups in total. The minimum absolute atomic E-state index is 0.337. The number of rotatable bonds is 10. The van der Waals surface area contributed by atoms with Crippen LogP contribution in [0.5, 0.6) is 0 Å². The molecule has 20 heavy (non-hydrogen) atoms. The van der Waals surface area contributed by atoms with Gasteiger partial charge in [-0.1, -0.05) is 50.3 Å². The minimum Gasteiger partial charge on any atom is -0.423 e. The lowest BCUT2D eigenvalue weighted by Crippen LogP contribution is -2.22. The van der Waals surface area contributed by atoms with Gasteiger partial charge in [-0.15, -0.1) is 0 Å². The molecule has 0 aliphatic heterocycles. The van der Waals surface area contributed by atoms with E-state index in [1.807, 2.05) is 6.08 Å². The first-order valence-corrected chi connectivity index (χ1v) is 9.01. The summed E-state index contributed by atoms with van der Waals surface area (Å²) in [6.07, 6.45) is 4.35. The van der Waals surface area contributed by atoms with Crippen molar-refractivity contribution in [2.24, 2.45) is 0 Å². The van der Waals surface area contributed by atoms with Gasteiger partial charge < -0.3 is 9.16 Å². The van der Waals surface area contributed by atoms with Crippen LogP contribution in [0.3, 0.4) is 0 Å². The normalized spacial score (nSPS) is 14.6. The van der Waals surface area contributed by atoms with E-state index in [1.54, 1.807) is 0 Å². The Morgan fingerprint density at radius 3 is 2.50 bits per heavy atom. The van der Waals surface area contributed by atoms with Gasteiger partial charge in [0.15, 0.2) is 9.76 Å². The zero-order valence-corrected chi connectivity index (χ0v) is 14.5. The predicted molar refractivity (Wildman–Crippen MR) is 89.9 cm³/mol. The van der Waals surface area contributed by atoms with Crippen molar-refractivity contribution < 1.29 is 9.16 Å². The van der Waals surface area contributed by atoms with Gasteiger partial charge in [0, 0.05) is 13.2 Å². The van der Waals surface area contributed by atoms with E-state index < -0.39 is 9.76 Å². The fourth-order valence-electron chi connectivity index (χ4n) is 2.23. The molecule has 2 nitrogen and oxygen atoms in total. The van der Waals surface area contributed by atoms with Crippen LogP contribution < -0.4 is 0 Å². The Morgan fingerprint density at radius 2 is 1.95 bits per heavy atom. The standard InChI is InChI=1S/C17H28O2Si/c1-5-15-8-10-16(11-9-15)12-13-19-20-17(6-2)14(4)18-7-3/h5,8-11,14,17H,1,6-7,12-13,20H2,2-4H3. The van der Waals surface area contributed by atoms with Crippen LogP contribution in [0.25, 0.3) is 6.08 Å². The molecule has 0 bridgehead atoms. The Labute approximate surface area is 126 Å². The number of benzene rings is 1. The monoisotopic (exact) mass is 292 g/mol. The Balaban J connectivity index is 2.27. The fourth-order valence-corrected chi connectivity index (χ4v) is 3.49. The quantitative estimate of drug-likeness (QED) is 0.484. The van der Waals surface area contributed by atoms with Crippen molar-refractivity contribution in [3.05, 3.63) is 42.0 Å². The first-order chi connectivity index (χ1) is 9.71. The Kier molecular flexibility index (Phi) is 8.50. The van der Waals surface area contributed by atoms with Crippen LogP contribution in [0.1, 0.15) is 38.3 Å². The van der Waals surface area contributed by atoms with Crippen molar-refractivity contribution in [2.45, 2.75) is 45.3 Å². The number of ether oxygens (including phenoxy) is 1. The molecule has 3 heteroatoms. The molecule has 0 amide bonds. The van der Waals surface area contributed by atoms with Gasteiger partial charge in [0.1, 0.15) is 0 Å². The highest BCUT2D eigenvalue weighted by Gasteiger charge is 2.16. The zero-order valence-electron chi connectivity index (χ0n) is 13.1. The van der Waals surface area contributed by atoms with Crippen molar-refractivity contribution in [3.63, 3.8) is 0 Å². The van der Waals surface area contributed by atoms with Crippen molar-refractivity contribution in [2.75, 3.05) is 13.2 Å². The van der Waals surface area contributed by atoms with Crippen LogP contribution in [-0.2, 0) is 15.6 Å². The van der Waals surface area contributed by atoms with Crippen LogP contribution in [0.15, 0.2) is 30.8 Å². The lowest BCUT2D eigenvalue weighted by atomic mass is 10.1. The summed E-state index contributed by atoms with van der Waals surface area (Å²) in [5, 5.41) is 0. The van der Waals surface area contributed by atoms with Gasteiger partial charge >= 0.3 is 0 Å². The molecule has 0 aromatic heterocycles. The van der Waals surface area contributed by atoms with Gasteiger partial charge in [0.25, 0.3) is 0 Å². The summed E-state index contributed by atoms with van der Waals surface area (Å²) in [6, 6.07) is 8.52. The molecule has 0 saturated carbocycles. The topological polar surface area (TPSA) is 18.5 Å². The maximum absolute atomic E-state index is 5.95. The van der Waals surface area contributed by atoms with E-state index >= 15 is 0 Å². The van der Waals surface area contributed by atoms with E-state index in [4.69, 9.17) is 9.16 Å². The third kappa shape index (κ3) is 6.03. The third-order valence-corrected chi connectivity index (χ3v) is 5.89. The van der Waals surface area contributed by atoms with Crippen LogP contribution in [0.2, 0.25) is 5.54 Å². The molecular weight excluding hydrogens is 264 g/mol. The SMILES string of the molecule is C=Cc1ccc(CCO[SiH2]C(CC)C(C)OCC)cc1. The van der Waals surface area contributed by atoms with Gasteiger partial charge in [-0.2, -0.15) is 0 Å². The van der Waals surface area contributed by atoms with E-state index in [0.29, 0.717) is 11.6 Å². The Hall–Kier alpha value is -0.903.